The summed E-state index contributed by atoms with van der Waals surface area (Å²) in [5.41, 5.74) is 3.11. The molecule has 1 aliphatic heterocycles. The van der Waals surface area contributed by atoms with Gasteiger partial charge in [-0.15, -0.1) is 10.2 Å². The van der Waals surface area contributed by atoms with Crippen molar-refractivity contribution in [1.82, 2.24) is 14.6 Å². The lowest BCUT2D eigenvalue weighted by atomic mass is 10.2. The van der Waals surface area contributed by atoms with E-state index in [1.807, 2.05) is 28.8 Å². The lowest BCUT2D eigenvalue weighted by Gasteiger charge is -2.30. The van der Waals surface area contributed by atoms with Crippen LogP contribution in [0.2, 0.25) is 0 Å². The predicted molar refractivity (Wildman–Crippen MR) is 91.8 cm³/mol. The van der Waals surface area contributed by atoms with Crippen molar-refractivity contribution >= 4 is 34.7 Å². The fraction of sp³-hybridized carbons (Fsp3) is 0. The van der Waals surface area contributed by atoms with Crippen LogP contribution < -0.4 is 4.90 Å². The molecule has 110 valence electrons. The molecule has 5 heteroatoms. The summed E-state index contributed by atoms with van der Waals surface area (Å²) in [6, 6.07) is 22.7. The maximum atomic E-state index is 4.45. The van der Waals surface area contributed by atoms with Gasteiger partial charge in [-0.1, -0.05) is 42.1 Å². The van der Waals surface area contributed by atoms with E-state index in [0.717, 1.165) is 23.0 Å². The Labute approximate surface area is 137 Å². The molecule has 0 saturated carbocycles. The van der Waals surface area contributed by atoms with E-state index in [2.05, 4.69) is 63.6 Å². The van der Waals surface area contributed by atoms with Crippen LogP contribution >= 0.6 is 11.8 Å². The van der Waals surface area contributed by atoms with Crippen LogP contribution in [0.25, 0.3) is 5.65 Å². The first kappa shape index (κ1) is 12.7. The standard InChI is InChI=1S/C18H12N4S/c1-3-9-15-13(7-1)22(14-8-2-4-10-16(14)23-15)18-20-19-17-11-5-6-12-21(17)18/h1-12H. The Kier molecular flexibility index (Phi) is 2.69. The summed E-state index contributed by atoms with van der Waals surface area (Å²) in [6.45, 7) is 0. The van der Waals surface area contributed by atoms with Crippen LogP contribution in [0.5, 0.6) is 0 Å². The summed E-state index contributed by atoms with van der Waals surface area (Å²) in [4.78, 5) is 4.62. The zero-order valence-corrected chi connectivity index (χ0v) is 12.9. The quantitative estimate of drug-likeness (QED) is 0.450. The molecule has 0 unspecified atom stereocenters. The van der Waals surface area contributed by atoms with Gasteiger partial charge in [0, 0.05) is 16.0 Å². The minimum atomic E-state index is 0.806. The van der Waals surface area contributed by atoms with Gasteiger partial charge in [-0.25, -0.2) is 0 Å². The van der Waals surface area contributed by atoms with Crippen LogP contribution in [-0.4, -0.2) is 14.6 Å². The molecule has 4 aromatic rings. The van der Waals surface area contributed by atoms with Crippen molar-refractivity contribution in [2.75, 3.05) is 4.90 Å². The largest absolute Gasteiger partial charge is 0.277 e. The van der Waals surface area contributed by atoms with E-state index >= 15 is 0 Å². The number of para-hydroxylation sites is 2. The Morgan fingerprint density at radius 3 is 2.09 bits per heavy atom. The second kappa shape index (κ2) is 4.86. The van der Waals surface area contributed by atoms with E-state index < -0.39 is 0 Å². The minimum Gasteiger partial charge on any atom is -0.277 e. The lowest BCUT2D eigenvalue weighted by Crippen LogP contribution is -2.17. The molecule has 2 aromatic heterocycles. The molecule has 0 radical (unpaired) electrons. The van der Waals surface area contributed by atoms with E-state index in [4.69, 9.17) is 0 Å². The van der Waals surface area contributed by atoms with Crippen molar-refractivity contribution in [1.29, 1.82) is 0 Å². The topological polar surface area (TPSA) is 33.4 Å². The molecule has 0 spiro atoms. The third kappa shape index (κ3) is 1.87. The van der Waals surface area contributed by atoms with Crippen LogP contribution in [0, 0.1) is 0 Å². The molecule has 0 fully saturated rings. The molecule has 0 atom stereocenters. The number of fused-ring (bicyclic) bond motifs is 3. The van der Waals surface area contributed by atoms with E-state index in [1.165, 1.54) is 9.79 Å². The van der Waals surface area contributed by atoms with E-state index in [1.54, 1.807) is 11.8 Å². The van der Waals surface area contributed by atoms with Crippen LogP contribution in [0.3, 0.4) is 0 Å². The number of rotatable bonds is 1. The molecule has 1 aliphatic rings. The molecule has 2 aromatic carbocycles. The number of hydrogen-bond acceptors (Lipinski definition) is 4. The van der Waals surface area contributed by atoms with Gasteiger partial charge in [0.25, 0.3) is 0 Å². The first-order valence-corrected chi connectivity index (χ1v) is 8.19. The Morgan fingerprint density at radius 1 is 0.696 bits per heavy atom. The van der Waals surface area contributed by atoms with Gasteiger partial charge in [0.1, 0.15) is 0 Å². The predicted octanol–water partition coefficient (Wildman–Crippen LogP) is 4.66. The summed E-state index contributed by atoms with van der Waals surface area (Å²) < 4.78 is 2.02. The molecule has 4 nitrogen and oxygen atoms in total. The summed E-state index contributed by atoms with van der Waals surface area (Å²) in [5.74, 6) is 0.806. The number of hydrogen-bond donors (Lipinski definition) is 0. The second-order valence-corrected chi connectivity index (χ2v) is 6.39. The average molecular weight is 316 g/mol. The van der Waals surface area contributed by atoms with Gasteiger partial charge in [0.15, 0.2) is 5.65 Å². The fourth-order valence-corrected chi connectivity index (χ4v) is 3.96. The molecule has 3 heterocycles. The van der Waals surface area contributed by atoms with E-state index in [0.29, 0.717) is 0 Å². The van der Waals surface area contributed by atoms with Gasteiger partial charge in [-0.05, 0) is 36.4 Å². The lowest BCUT2D eigenvalue weighted by molar-refractivity contribution is 1.01. The zero-order valence-electron chi connectivity index (χ0n) is 12.1. The number of anilines is 3. The minimum absolute atomic E-state index is 0.806. The summed E-state index contributed by atoms with van der Waals surface area (Å²) in [5, 5.41) is 8.75. The first-order valence-electron chi connectivity index (χ1n) is 7.38. The zero-order chi connectivity index (χ0) is 15.2. The molecule has 5 rings (SSSR count). The Hall–Kier alpha value is -2.79. The number of benzene rings is 2. The van der Waals surface area contributed by atoms with Gasteiger partial charge < -0.3 is 0 Å². The Balaban J connectivity index is 1.82. The summed E-state index contributed by atoms with van der Waals surface area (Å²) >= 11 is 1.79. The normalized spacial score (nSPS) is 13.0. The highest BCUT2D eigenvalue weighted by molar-refractivity contribution is 7.99. The second-order valence-electron chi connectivity index (χ2n) is 5.30. The third-order valence-corrected chi connectivity index (χ3v) is 5.06. The average Bonchev–Trinajstić information content (AvgIpc) is 3.03. The number of aromatic nitrogens is 3. The molecule has 0 saturated heterocycles. The maximum Gasteiger partial charge on any atom is 0.240 e. The molecular weight excluding hydrogens is 304 g/mol. The number of pyridine rings is 1. The maximum absolute atomic E-state index is 4.45. The highest BCUT2D eigenvalue weighted by atomic mass is 32.2. The van der Waals surface area contributed by atoms with Gasteiger partial charge in [-0.3, -0.25) is 9.30 Å². The SMILES string of the molecule is c1ccc2c(c1)Sc1ccccc1N2c1nnc2ccccn12. The molecule has 0 N–H and O–H groups in total. The third-order valence-electron chi connectivity index (χ3n) is 3.93. The van der Waals surface area contributed by atoms with Crippen LogP contribution in [0.15, 0.2) is 82.7 Å². The molecule has 0 bridgehead atoms. The Bertz CT molecular complexity index is 979. The molecule has 0 amide bonds. The van der Waals surface area contributed by atoms with Gasteiger partial charge in [-0.2, -0.15) is 0 Å². The van der Waals surface area contributed by atoms with Crippen LogP contribution in [-0.2, 0) is 0 Å². The summed E-state index contributed by atoms with van der Waals surface area (Å²) in [6.07, 6.45) is 2.00. The van der Waals surface area contributed by atoms with Crippen molar-refractivity contribution in [2.45, 2.75) is 9.79 Å². The Morgan fingerprint density at radius 2 is 1.35 bits per heavy atom. The van der Waals surface area contributed by atoms with Gasteiger partial charge in [0.2, 0.25) is 5.95 Å². The van der Waals surface area contributed by atoms with Crippen molar-refractivity contribution < 1.29 is 0 Å². The van der Waals surface area contributed by atoms with Gasteiger partial charge in [0.05, 0.1) is 11.4 Å². The summed E-state index contributed by atoms with van der Waals surface area (Å²) in [7, 11) is 0. The smallest absolute Gasteiger partial charge is 0.240 e. The van der Waals surface area contributed by atoms with E-state index in [9.17, 15) is 0 Å². The fourth-order valence-electron chi connectivity index (χ4n) is 2.90. The molecule has 23 heavy (non-hydrogen) atoms. The van der Waals surface area contributed by atoms with Gasteiger partial charge >= 0.3 is 0 Å². The first-order chi connectivity index (χ1) is 11.4. The van der Waals surface area contributed by atoms with Crippen LogP contribution in [0.4, 0.5) is 17.3 Å². The number of nitrogens with zero attached hydrogens (tertiary/aromatic N) is 4. The van der Waals surface area contributed by atoms with E-state index in [-0.39, 0.29) is 0 Å². The molecule has 0 aliphatic carbocycles. The molecular formula is C18H12N4S. The monoisotopic (exact) mass is 316 g/mol. The van der Waals surface area contributed by atoms with Crippen molar-refractivity contribution in [3.8, 4) is 0 Å². The highest BCUT2D eigenvalue weighted by Gasteiger charge is 2.27. The highest BCUT2D eigenvalue weighted by Crippen LogP contribution is 2.50. The van der Waals surface area contributed by atoms with Crippen molar-refractivity contribution in [3.05, 3.63) is 72.9 Å². The van der Waals surface area contributed by atoms with Crippen molar-refractivity contribution in [3.63, 3.8) is 0 Å². The van der Waals surface area contributed by atoms with Crippen LogP contribution in [0.1, 0.15) is 0 Å². The van der Waals surface area contributed by atoms with Crippen molar-refractivity contribution in [2.24, 2.45) is 0 Å².